The monoisotopic (exact) mass is 512 g/mol. The van der Waals surface area contributed by atoms with Gasteiger partial charge in [0.05, 0.1) is 29.8 Å². The number of aliphatic hydroxyl groups is 1. The third-order valence-corrected chi connectivity index (χ3v) is 8.03. The second-order valence-corrected chi connectivity index (χ2v) is 11.0. The number of hydrogen-bond donors (Lipinski definition) is 3. The summed E-state index contributed by atoms with van der Waals surface area (Å²) in [5.41, 5.74) is 0.00564. The first-order valence-corrected chi connectivity index (χ1v) is 12.8. The molecule has 190 valence electrons. The molecule has 1 aliphatic carbocycles. The number of hydrogen-bond acceptors (Lipinski definition) is 8. The van der Waals surface area contributed by atoms with Gasteiger partial charge in [0.15, 0.2) is 27.1 Å². The van der Waals surface area contributed by atoms with E-state index in [1.165, 1.54) is 10.8 Å². The fraction of sp³-hybridized carbons (Fsp3) is 0.500. The number of nitrogens with zero attached hydrogens (tertiary/aromatic N) is 4. The molecule has 3 aromatic rings. The Kier molecular flexibility index (Phi) is 6.91. The first-order valence-electron chi connectivity index (χ1n) is 11.0. The van der Waals surface area contributed by atoms with Gasteiger partial charge >= 0.3 is 0 Å². The van der Waals surface area contributed by atoms with E-state index in [1.807, 2.05) is 0 Å². The lowest BCUT2D eigenvalue weighted by Gasteiger charge is -2.26. The predicted molar refractivity (Wildman–Crippen MR) is 126 cm³/mol. The number of nitrogens with one attached hydrogen (secondary N) is 2. The fourth-order valence-corrected chi connectivity index (χ4v) is 6.25. The van der Waals surface area contributed by atoms with Crippen LogP contribution in [-0.2, 0) is 9.84 Å². The molecule has 0 spiro atoms. The van der Waals surface area contributed by atoms with E-state index in [1.54, 1.807) is 0 Å². The highest BCUT2D eigenvalue weighted by atomic mass is 32.2. The average Bonchev–Trinajstić information content (AvgIpc) is 3.30. The molecule has 2 aromatic heterocycles. The Morgan fingerprint density at radius 1 is 1.03 bits per heavy atom. The van der Waals surface area contributed by atoms with Crippen LogP contribution in [0.3, 0.4) is 0 Å². The number of benzene rings is 1. The maximum absolute atomic E-state index is 14.3. The summed E-state index contributed by atoms with van der Waals surface area (Å²) in [7, 11) is -3.30. The first-order chi connectivity index (χ1) is 16.2. The van der Waals surface area contributed by atoms with Gasteiger partial charge in [0.25, 0.3) is 0 Å². The third kappa shape index (κ3) is 5.20. The van der Waals surface area contributed by atoms with Gasteiger partial charge in [-0.1, -0.05) is 7.43 Å². The molecule has 0 radical (unpaired) electrons. The smallest absolute Gasteiger partial charge is 0.224 e. The van der Waals surface area contributed by atoms with Crippen LogP contribution in [-0.4, -0.2) is 56.7 Å². The van der Waals surface area contributed by atoms with E-state index in [2.05, 4.69) is 25.6 Å². The number of fused-ring (bicyclic) bond motifs is 1. The van der Waals surface area contributed by atoms with E-state index < -0.39 is 39.0 Å². The van der Waals surface area contributed by atoms with Crippen molar-refractivity contribution in [3.05, 3.63) is 35.8 Å². The molecule has 1 aliphatic heterocycles. The van der Waals surface area contributed by atoms with Gasteiger partial charge in [-0.15, -0.1) is 0 Å². The minimum atomic E-state index is -3.30. The lowest BCUT2D eigenvalue weighted by Crippen LogP contribution is -2.29. The van der Waals surface area contributed by atoms with Crippen molar-refractivity contribution in [3.8, 4) is 0 Å². The summed E-state index contributed by atoms with van der Waals surface area (Å²) in [6.07, 6.45) is 4.25. The third-order valence-electron chi connectivity index (χ3n) is 6.28. The molecule has 5 rings (SSSR count). The van der Waals surface area contributed by atoms with Crippen LogP contribution in [0.25, 0.3) is 11.2 Å². The molecule has 0 bridgehead atoms. The van der Waals surface area contributed by atoms with Gasteiger partial charge in [-0.2, -0.15) is 4.98 Å². The molecule has 1 saturated heterocycles. The summed E-state index contributed by atoms with van der Waals surface area (Å²) in [6, 6.07) is 0.601. The number of aromatic nitrogens is 4. The Balaban J connectivity index is 0.00000289. The molecule has 0 amide bonds. The Labute approximate surface area is 200 Å². The normalized spacial score (nSPS) is 23.7. The van der Waals surface area contributed by atoms with Gasteiger partial charge in [-0.3, -0.25) is 4.57 Å². The minimum absolute atomic E-state index is 0. The van der Waals surface area contributed by atoms with Crippen LogP contribution in [0.4, 0.5) is 30.8 Å². The van der Waals surface area contributed by atoms with Crippen molar-refractivity contribution in [2.45, 2.75) is 57.7 Å². The van der Waals surface area contributed by atoms with Crippen molar-refractivity contribution >= 4 is 38.6 Å². The van der Waals surface area contributed by atoms with Crippen molar-refractivity contribution in [1.82, 2.24) is 19.5 Å². The van der Waals surface area contributed by atoms with E-state index in [0.717, 1.165) is 12.8 Å². The van der Waals surface area contributed by atoms with Crippen LogP contribution in [0.1, 0.15) is 45.6 Å². The largest absolute Gasteiger partial charge is 0.393 e. The molecular weight excluding hydrogens is 485 g/mol. The van der Waals surface area contributed by atoms with Crippen LogP contribution in [0.2, 0.25) is 0 Å². The van der Waals surface area contributed by atoms with E-state index in [0.29, 0.717) is 42.1 Å². The lowest BCUT2D eigenvalue weighted by atomic mass is 9.93. The molecular formula is C22H27F3N6O3S. The standard InChI is InChI=1S/C21H23F3N6O3S.CH4/c22-11-7-15(23)18(16(24)8-11)28-21-27-17-9-25-20(26-12-1-3-14(31)4-2-12)29-19(17)30(21)13-5-6-34(32,33)10-13;/h7-9,12-14,31H,1-6,10H2,(H,27,28)(H,25,26,29);1H4/t12?,13-,14?;/m0./s1. The molecule has 3 heterocycles. The first kappa shape index (κ1) is 25.2. The van der Waals surface area contributed by atoms with Crippen LogP contribution in [0.15, 0.2) is 18.3 Å². The molecule has 3 N–H and O–H groups in total. The molecule has 2 fully saturated rings. The lowest BCUT2D eigenvalue weighted by molar-refractivity contribution is 0.126. The van der Waals surface area contributed by atoms with Crippen LogP contribution in [0.5, 0.6) is 0 Å². The molecule has 2 aliphatic rings. The molecule has 1 aromatic carbocycles. The zero-order valence-electron chi connectivity index (χ0n) is 18.0. The van der Waals surface area contributed by atoms with Crippen LogP contribution >= 0.6 is 0 Å². The SMILES string of the molecule is C.O=S1(=O)CC[C@H](n2c(Nc3c(F)cc(F)cc3F)nc3cnc(NC4CCC(O)CC4)nc32)C1. The molecule has 13 heteroatoms. The van der Waals surface area contributed by atoms with Gasteiger partial charge in [0, 0.05) is 18.2 Å². The van der Waals surface area contributed by atoms with Crippen molar-refractivity contribution in [2.75, 3.05) is 22.1 Å². The van der Waals surface area contributed by atoms with Crippen molar-refractivity contribution < 1.29 is 26.7 Å². The number of sulfone groups is 1. The summed E-state index contributed by atoms with van der Waals surface area (Å²) in [5, 5.41) is 15.5. The second kappa shape index (κ2) is 9.61. The summed E-state index contributed by atoms with van der Waals surface area (Å²) >= 11 is 0. The minimum Gasteiger partial charge on any atom is -0.393 e. The van der Waals surface area contributed by atoms with E-state index in [9.17, 15) is 26.7 Å². The van der Waals surface area contributed by atoms with Gasteiger partial charge in [-0.25, -0.2) is 31.6 Å². The van der Waals surface area contributed by atoms with Crippen molar-refractivity contribution in [3.63, 3.8) is 0 Å². The Hall–Kier alpha value is -2.93. The summed E-state index contributed by atoms with van der Waals surface area (Å²) in [5.74, 6) is -3.28. The van der Waals surface area contributed by atoms with E-state index >= 15 is 0 Å². The summed E-state index contributed by atoms with van der Waals surface area (Å²) in [4.78, 5) is 13.2. The van der Waals surface area contributed by atoms with Crippen LogP contribution in [0, 0.1) is 17.5 Å². The molecule has 35 heavy (non-hydrogen) atoms. The fourth-order valence-electron chi connectivity index (χ4n) is 4.55. The van der Waals surface area contributed by atoms with E-state index in [4.69, 9.17) is 0 Å². The predicted octanol–water partition coefficient (Wildman–Crippen LogP) is 3.70. The molecule has 1 atom stereocenters. The second-order valence-electron chi connectivity index (χ2n) is 8.78. The topological polar surface area (TPSA) is 122 Å². The highest BCUT2D eigenvalue weighted by Crippen LogP contribution is 2.34. The van der Waals surface area contributed by atoms with E-state index in [-0.39, 0.29) is 43.4 Å². The summed E-state index contributed by atoms with van der Waals surface area (Å²) in [6.45, 7) is 0. The molecule has 9 nitrogen and oxygen atoms in total. The number of anilines is 3. The number of imidazole rings is 1. The highest BCUT2D eigenvalue weighted by molar-refractivity contribution is 7.91. The average molecular weight is 513 g/mol. The molecule has 0 unspecified atom stereocenters. The Morgan fingerprint density at radius 2 is 1.71 bits per heavy atom. The maximum atomic E-state index is 14.3. The number of rotatable bonds is 5. The van der Waals surface area contributed by atoms with Gasteiger partial charge in [0.1, 0.15) is 17.0 Å². The molecule has 1 saturated carbocycles. The zero-order chi connectivity index (χ0) is 24.0. The van der Waals surface area contributed by atoms with Crippen molar-refractivity contribution in [1.29, 1.82) is 0 Å². The Bertz CT molecular complexity index is 1320. The highest BCUT2D eigenvalue weighted by Gasteiger charge is 2.33. The zero-order valence-corrected chi connectivity index (χ0v) is 18.8. The summed E-state index contributed by atoms with van der Waals surface area (Å²) < 4.78 is 67.8. The Morgan fingerprint density at radius 3 is 2.34 bits per heavy atom. The number of aliphatic hydroxyl groups excluding tert-OH is 1. The van der Waals surface area contributed by atoms with Crippen LogP contribution < -0.4 is 10.6 Å². The van der Waals surface area contributed by atoms with Crippen molar-refractivity contribution in [2.24, 2.45) is 0 Å². The number of halogens is 3. The maximum Gasteiger partial charge on any atom is 0.224 e. The van der Waals surface area contributed by atoms with Gasteiger partial charge in [0.2, 0.25) is 11.9 Å². The van der Waals surface area contributed by atoms with Gasteiger partial charge < -0.3 is 15.7 Å². The van der Waals surface area contributed by atoms with Gasteiger partial charge in [-0.05, 0) is 32.1 Å². The quantitative estimate of drug-likeness (QED) is 0.473.